The highest BCUT2D eigenvalue weighted by Gasteiger charge is 2.28. The molecule has 11 heavy (non-hydrogen) atoms. The zero-order valence-electron chi connectivity index (χ0n) is 6.46. The molecule has 0 aromatic heterocycles. The third kappa shape index (κ3) is 2.32. The molecule has 5 heteroatoms. The standard InChI is InChI=1S/C6H12ClNO2S/c1-2-6-3-4-8(5-6)11(7,9)10/h6H,2-5H2,1H3. The number of hydrogen-bond donors (Lipinski definition) is 0. The summed E-state index contributed by atoms with van der Waals surface area (Å²) < 4.78 is 22.9. The van der Waals surface area contributed by atoms with Crippen LogP contribution in [0.3, 0.4) is 0 Å². The van der Waals surface area contributed by atoms with Gasteiger partial charge in [-0.05, 0) is 12.3 Å². The lowest BCUT2D eigenvalue weighted by Crippen LogP contribution is -2.24. The van der Waals surface area contributed by atoms with E-state index in [1.54, 1.807) is 0 Å². The van der Waals surface area contributed by atoms with Crippen LogP contribution in [0.2, 0.25) is 0 Å². The molecular weight excluding hydrogens is 186 g/mol. The van der Waals surface area contributed by atoms with E-state index >= 15 is 0 Å². The third-order valence-electron chi connectivity index (χ3n) is 2.13. The molecule has 1 saturated heterocycles. The minimum atomic E-state index is -3.44. The fourth-order valence-corrected chi connectivity index (χ4v) is 2.42. The second-order valence-corrected chi connectivity index (χ2v) is 5.37. The highest BCUT2D eigenvalue weighted by atomic mass is 35.7. The van der Waals surface area contributed by atoms with Crippen molar-refractivity contribution in [2.24, 2.45) is 5.92 Å². The number of nitrogens with zero attached hydrogens (tertiary/aromatic N) is 1. The molecule has 1 atom stereocenters. The predicted octanol–water partition coefficient (Wildman–Crippen LogP) is 1.20. The molecular formula is C6H12ClNO2S. The first-order valence-corrected chi connectivity index (χ1v) is 6.00. The summed E-state index contributed by atoms with van der Waals surface area (Å²) in [5.41, 5.74) is 0. The van der Waals surface area contributed by atoms with Crippen molar-refractivity contribution in [3.8, 4) is 0 Å². The van der Waals surface area contributed by atoms with E-state index < -0.39 is 9.24 Å². The molecule has 1 fully saturated rings. The Morgan fingerprint density at radius 3 is 2.55 bits per heavy atom. The van der Waals surface area contributed by atoms with Crippen molar-refractivity contribution in [1.82, 2.24) is 4.31 Å². The van der Waals surface area contributed by atoms with Crippen LogP contribution in [0.1, 0.15) is 19.8 Å². The lowest BCUT2D eigenvalue weighted by atomic mass is 10.1. The summed E-state index contributed by atoms with van der Waals surface area (Å²) in [6.07, 6.45) is 1.98. The maximum atomic E-state index is 10.8. The van der Waals surface area contributed by atoms with Crippen molar-refractivity contribution >= 4 is 19.9 Å². The smallest absolute Gasteiger partial charge is 0.195 e. The van der Waals surface area contributed by atoms with E-state index in [2.05, 4.69) is 6.92 Å². The summed E-state index contributed by atoms with van der Waals surface area (Å²) in [6, 6.07) is 0. The van der Waals surface area contributed by atoms with Gasteiger partial charge >= 0.3 is 0 Å². The Morgan fingerprint density at radius 1 is 1.64 bits per heavy atom. The Bertz CT molecular complexity index is 227. The SMILES string of the molecule is CCC1CCN(S(=O)(=O)Cl)C1. The maximum Gasteiger partial charge on any atom is 0.299 e. The largest absolute Gasteiger partial charge is 0.299 e. The molecule has 0 saturated carbocycles. The van der Waals surface area contributed by atoms with E-state index in [-0.39, 0.29) is 0 Å². The van der Waals surface area contributed by atoms with Crippen LogP contribution in [0.5, 0.6) is 0 Å². The van der Waals surface area contributed by atoms with Crippen LogP contribution >= 0.6 is 10.7 Å². The zero-order chi connectivity index (χ0) is 8.48. The zero-order valence-corrected chi connectivity index (χ0v) is 8.03. The molecule has 3 nitrogen and oxygen atoms in total. The topological polar surface area (TPSA) is 37.4 Å². The van der Waals surface area contributed by atoms with Crippen LogP contribution < -0.4 is 0 Å². The maximum absolute atomic E-state index is 10.8. The minimum Gasteiger partial charge on any atom is -0.195 e. The number of rotatable bonds is 2. The average molecular weight is 198 g/mol. The van der Waals surface area contributed by atoms with E-state index in [1.165, 1.54) is 4.31 Å². The molecule has 0 N–H and O–H groups in total. The van der Waals surface area contributed by atoms with Crippen LogP contribution in [0.25, 0.3) is 0 Å². The normalized spacial score (nSPS) is 27.6. The average Bonchev–Trinajstić information content (AvgIpc) is 2.32. The molecule has 1 rings (SSSR count). The Kier molecular flexibility index (Phi) is 2.78. The molecule has 0 radical (unpaired) electrons. The Labute approximate surface area is 71.9 Å². The van der Waals surface area contributed by atoms with Gasteiger partial charge in [0, 0.05) is 23.8 Å². The third-order valence-corrected chi connectivity index (χ3v) is 3.67. The van der Waals surface area contributed by atoms with E-state index in [1.807, 2.05) is 0 Å². The van der Waals surface area contributed by atoms with E-state index in [0.29, 0.717) is 19.0 Å². The Morgan fingerprint density at radius 2 is 2.27 bits per heavy atom. The lowest BCUT2D eigenvalue weighted by molar-refractivity contribution is 0.464. The van der Waals surface area contributed by atoms with Gasteiger partial charge in [0.15, 0.2) is 0 Å². The quantitative estimate of drug-likeness (QED) is 0.624. The first-order chi connectivity index (χ1) is 5.04. The predicted molar refractivity (Wildman–Crippen MR) is 44.7 cm³/mol. The van der Waals surface area contributed by atoms with Crippen molar-refractivity contribution in [2.75, 3.05) is 13.1 Å². The summed E-state index contributed by atoms with van der Waals surface area (Å²) in [5.74, 6) is 0.503. The molecule has 1 aliphatic heterocycles. The summed E-state index contributed by atoms with van der Waals surface area (Å²) in [4.78, 5) is 0. The van der Waals surface area contributed by atoms with E-state index in [0.717, 1.165) is 12.8 Å². The van der Waals surface area contributed by atoms with Crippen LogP contribution in [0.4, 0.5) is 0 Å². The van der Waals surface area contributed by atoms with Crippen molar-refractivity contribution < 1.29 is 8.42 Å². The molecule has 0 aromatic rings. The highest BCUT2D eigenvalue weighted by molar-refractivity contribution is 8.11. The van der Waals surface area contributed by atoms with Crippen molar-refractivity contribution in [3.05, 3.63) is 0 Å². The molecule has 0 aliphatic carbocycles. The monoisotopic (exact) mass is 197 g/mol. The second kappa shape index (κ2) is 3.29. The molecule has 1 unspecified atom stereocenters. The molecule has 0 amide bonds. The van der Waals surface area contributed by atoms with Gasteiger partial charge in [-0.2, -0.15) is 12.7 Å². The Hall–Kier alpha value is 0.200. The summed E-state index contributed by atoms with van der Waals surface area (Å²) in [6.45, 7) is 3.25. The van der Waals surface area contributed by atoms with Crippen LogP contribution in [0, 0.1) is 5.92 Å². The fourth-order valence-electron chi connectivity index (χ4n) is 1.33. The van der Waals surface area contributed by atoms with Gasteiger partial charge in [0.05, 0.1) is 0 Å². The molecule has 0 bridgehead atoms. The molecule has 1 heterocycles. The first-order valence-electron chi connectivity index (χ1n) is 3.73. The van der Waals surface area contributed by atoms with E-state index in [9.17, 15) is 8.42 Å². The summed E-state index contributed by atoms with van der Waals surface area (Å²) in [5, 5.41) is 0. The molecule has 0 aromatic carbocycles. The molecule has 0 spiro atoms. The van der Waals surface area contributed by atoms with Gasteiger partial charge in [-0.3, -0.25) is 0 Å². The molecule has 1 aliphatic rings. The van der Waals surface area contributed by atoms with Gasteiger partial charge in [0.1, 0.15) is 0 Å². The number of hydrogen-bond acceptors (Lipinski definition) is 2. The fraction of sp³-hybridized carbons (Fsp3) is 1.00. The number of halogens is 1. The van der Waals surface area contributed by atoms with Crippen molar-refractivity contribution in [2.45, 2.75) is 19.8 Å². The Balaban J connectivity index is 2.55. The van der Waals surface area contributed by atoms with Gasteiger partial charge in [-0.15, -0.1) is 0 Å². The molecule has 66 valence electrons. The van der Waals surface area contributed by atoms with Crippen LogP contribution in [0.15, 0.2) is 0 Å². The first kappa shape index (κ1) is 9.29. The van der Waals surface area contributed by atoms with Gasteiger partial charge in [-0.25, -0.2) is 0 Å². The van der Waals surface area contributed by atoms with E-state index in [4.69, 9.17) is 10.7 Å². The van der Waals surface area contributed by atoms with Crippen LogP contribution in [-0.4, -0.2) is 25.8 Å². The minimum absolute atomic E-state index is 0.503. The van der Waals surface area contributed by atoms with Crippen molar-refractivity contribution in [1.29, 1.82) is 0 Å². The highest BCUT2D eigenvalue weighted by Crippen LogP contribution is 2.22. The summed E-state index contributed by atoms with van der Waals surface area (Å²) >= 11 is 0. The lowest BCUT2D eigenvalue weighted by Gasteiger charge is -2.09. The second-order valence-electron chi connectivity index (χ2n) is 2.86. The van der Waals surface area contributed by atoms with Gasteiger partial charge in [-0.1, -0.05) is 13.3 Å². The van der Waals surface area contributed by atoms with Gasteiger partial charge in [0.2, 0.25) is 0 Å². The van der Waals surface area contributed by atoms with Crippen molar-refractivity contribution in [3.63, 3.8) is 0 Å². The van der Waals surface area contributed by atoms with Gasteiger partial charge < -0.3 is 0 Å². The summed E-state index contributed by atoms with van der Waals surface area (Å²) in [7, 11) is 1.72. The van der Waals surface area contributed by atoms with Crippen LogP contribution in [-0.2, 0) is 9.24 Å². The van der Waals surface area contributed by atoms with Gasteiger partial charge in [0.25, 0.3) is 9.24 Å².